The predicted molar refractivity (Wildman–Crippen MR) is 90.9 cm³/mol. The molecule has 1 rings (SSSR count). The van der Waals surface area contributed by atoms with E-state index in [0.717, 1.165) is 11.3 Å². The van der Waals surface area contributed by atoms with Gasteiger partial charge in [-0.05, 0) is 18.6 Å². The molecule has 0 saturated carbocycles. The first-order chi connectivity index (χ1) is 9.46. The van der Waals surface area contributed by atoms with Gasteiger partial charge in [0.2, 0.25) is 0 Å². The summed E-state index contributed by atoms with van der Waals surface area (Å²) in [4.78, 5) is 3.20. The highest BCUT2D eigenvalue weighted by molar-refractivity contribution is 7.71. The van der Waals surface area contributed by atoms with E-state index in [2.05, 4.69) is 43.4 Å². The summed E-state index contributed by atoms with van der Waals surface area (Å²) in [5.74, 6) is 0. The number of unbranched alkanes of at least 4 members (excludes halogenated alkanes) is 7. The molecule has 0 saturated heterocycles. The fourth-order valence-electron chi connectivity index (χ4n) is 2.64. The van der Waals surface area contributed by atoms with Crippen LogP contribution in [0.1, 0.15) is 84.8 Å². The Morgan fingerprint density at radius 2 is 1.55 bits per heavy atom. The van der Waals surface area contributed by atoms with Crippen molar-refractivity contribution < 1.29 is 0 Å². The predicted octanol–water partition coefficient (Wildman–Crippen LogP) is 5.98. The summed E-state index contributed by atoms with van der Waals surface area (Å²) < 4.78 is 3.16. The van der Waals surface area contributed by atoms with E-state index in [0.29, 0.717) is 0 Å². The second-order valence-corrected chi connectivity index (χ2v) is 7.24. The highest BCUT2D eigenvalue weighted by Gasteiger charge is 2.18. The Morgan fingerprint density at radius 3 is 2.10 bits per heavy atom. The quantitative estimate of drug-likeness (QED) is 0.439. The van der Waals surface area contributed by atoms with Crippen LogP contribution >= 0.6 is 12.2 Å². The Bertz CT molecular complexity index is 423. The monoisotopic (exact) mass is 296 g/mol. The van der Waals surface area contributed by atoms with Crippen LogP contribution in [0.4, 0.5) is 0 Å². The number of hydrogen-bond acceptors (Lipinski definition) is 1. The topological polar surface area (TPSA) is 20.7 Å². The van der Waals surface area contributed by atoms with E-state index in [-0.39, 0.29) is 5.41 Å². The largest absolute Gasteiger partial charge is 0.337 e. The van der Waals surface area contributed by atoms with Crippen molar-refractivity contribution in [3.63, 3.8) is 0 Å². The maximum atomic E-state index is 5.40. The summed E-state index contributed by atoms with van der Waals surface area (Å²) in [6, 6.07) is 0. The Hall–Kier alpha value is -0.570. The van der Waals surface area contributed by atoms with Gasteiger partial charge in [-0.1, -0.05) is 72.6 Å². The maximum absolute atomic E-state index is 5.40. The molecule has 0 unspecified atom stereocenters. The van der Waals surface area contributed by atoms with Gasteiger partial charge in [0, 0.05) is 23.9 Å². The van der Waals surface area contributed by atoms with Gasteiger partial charge in [0.15, 0.2) is 4.77 Å². The first-order valence-electron chi connectivity index (χ1n) is 8.25. The average Bonchev–Trinajstić information content (AvgIpc) is 2.74. The highest BCUT2D eigenvalue weighted by Crippen LogP contribution is 2.22. The molecule has 0 aromatic carbocycles. The van der Waals surface area contributed by atoms with Crippen molar-refractivity contribution in [3.05, 3.63) is 16.7 Å². The van der Waals surface area contributed by atoms with Crippen molar-refractivity contribution in [3.8, 4) is 0 Å². The van der Waals surface area contributed by atoms with Gasteiger partial charge >= 0.3 is 0 Å². The van der Waals surface area contributed by atoms with Crippen LogP contribution in [-0.2, 0) is 12.0 Å². The molecular weight excluding hydrogens is 264 g/mol. The molecule has 1 aromatic rings. The van der Waals surface area contributed by atoms with Gasteiger partial charge in [-0.25, -0.2) is 0 Å². The minimum atomic E-state index is 0.160. The molecule has 0 aliphatic rings. The Morgan fingerprint density at radius 1 is 1.00 bits per heavy atom. The van der Waals surface area contributed by atoms with Crippen LogP contribution in [0.15, 0.2) is 6.20 Å². The molecule has 1 aromatic heterocycles. The molecule has 0 aliphatic heterocycles. The summed E-state index contributed by atoms with van der Waals surface area (Å²) in [5.41, 5.74) is 1.48. The highest BCUT2D eigenvalue weighted by atomic mass is 32.1. The zero-order valence-electron chi connectivity index (χ0n) is 13.8. The van der Waals surface area contributed by atoms with E-state index in [1.807, 2.05) is 0 Å². The van der Waals surface area contributed by atoms with Crippen LogP contribution in [0.2, 0.25) is 0 Å². The number of rotatable bonds is 9. The molecule has 0 fully saturated rings. The smallest absolute Gasteiger partial charge is 0.177 e. The number of nitrogens with zero attached hydrogens (tertiary/aromatic N) is 1. The number of H-pyrrole nitrogens is 1. The number of aromatic nitrogens is 2. The lowest BCUT2D eigenvalue weighted by Crippen LogP contribution is -2.17. The summed E-state index contributed by atoms with van der Waals surface area (Å²) in [6.45, 7) is 10.1. The average molecular weight is 297 g/mol. The fraction of sp³-hybridized carbons (Fsp3) is 0.824. The van der Waals surface area contributed by atoms with Crippen LogP contribution < -0.4 is 0 Å². The SMILES string of the molecule is CCCCCCCCCCn1c(C(C)(C)C)c[nH]c1=S. The fourth-order valence-corrected chi connectivity index (χ4v) is 2.89. The van der Waals surface area contributed by atoms with Crippen LogP contribution in [0.25, 0.3) is 0 Å². The molecule has 0 bridgehead atoms. The van der Waals surface area contributed by atoms with E-state index in [1.54, 1.807) is 0 Å². The maximum Gasteiger partial charge on any atom is 0.177 e. The molecule has 2 nitrogen and oxygen atoms in total. The normalized spacial score (nSPS) is 12.0. The molecule has 1 heterocycles. The zero-order chi connectivity index (χ0) is 15.0. The van der Waals surface area contributed by atoms with E-state index in [1.165, 1.54) is 57.1 Å². The summed E-state index contributed by atoms with van der Waals surface area (Å²) in [7, 11) is 0. The van der Waals surface area contributed by atoms with Crippen molar-refractivity contribution in [2.24, 2.45) is 0 Å². The number of imidazole rings is 1. The van der Waals surface area contributed by atoms with Crippen LogP contribution in [0.5, 0.6) is 0 Å². The number of aromatic amines is 1. The molecule has 20 heavy (non-hydrogen) atoms. The standard InChI is InChI=1S/C17H32N2S/c1-5-6-7-8-9-10-11-12-13-19-15(17(2,3)4)14-18-16(19)20/h14H,5-13H2,1-4H3,(H,18,20). The van der Waals surface area contributed by atoms with Gasteiger partial charge < -0.3 is 9.55 Å². The zero-order valence-corrected chi connectivity index (χ0v) is 14.6. The minimum Gasteiger partial charge on any atom is -0.337 e. The van der Waals surface area contributed by atoms with Crippen molar-refractivity contribution in [1.82, 2.24) is 9.55 Å². The molecule has 0 atom stereocenters. The van der Waals surface area contributed by atoms with E-state index >= 15 is 0 Å². The molecule has 3 heteroatoms. The Kier molecular flexibility index (Phi) is 7.57. The van der Waals surface area contributed by atoms with E-state index in [4.69, 9.17) is 12.2 Å². The van der Waals surface area contributed by atoms with Crippen LogP contribution in [-0.4, -0.2) is 9.55 Å². The third-order valence-electron chi connectivity index (χ3n) is 3.87. The third kappa shape index (κ3) is 5.82. The molecule has 0 radical (unpaired) electrons. The van der Waals surface area contributed by atoms with Crippen molar-refractivity contribution in [2.75, 3.05) is 0 Å². The molecule has 0 aliphatic carbocycles. The summed E-state index contributed by atoms with van der Waals surface area (Å²) in [5, 5.41) is 0. The Labute approximate surface area is 130 Å². The van der Waals surface area contributed by atoms with Gasteiger partial charge in [0.1, 0.15) is 0 Å². The molecule has 0 amide bonds. The van der Waals surface area contributed by atoms with E-state index < -0.39 is 0 Å². The summed E-state index contributed by atoms with van der Waals surface area (Å²) >= 11 is 5.40. The van der Waals surface area contributed by atoms with Gasteiger partial charge in [0.25, 0.3) is 0 Å². The minimum absolute atomic E-state index is 0.160. The van der Waals surface area contributed by atoms with Crippen LogP contribution in [0, 0.1) is 4.77 Å². The first kappa shape index (κ1) is 17.5. The van der Waals surface area contributed by atoms with Gasteiger partial charge in [-0.3, -0.25) is 0 Å². The second-order valence-electron chi connectivity index (χ2n) is 6.86. The molecule has 116 valence electrons. The van der Waals surface area contributed by atoms with Crippen molar-refractivity contribution >= 4 is 12.2 Å². The van der Waals surface area contributed by atoms with Gasteiger partial charge in [-0.2, -0.15) is 0 Å². The lowest BCUT2D eigenvalue weighted by atomic mass is 9.92. The number of hydrogen-bond donors (Lipinski definition) is 1. The van der Waals surface area contributed by atoms with Gasteiger partial charge in [-0.15, -0.1) is 0 Å². The first-order valence-corrected chi connectivity index (χ1v) is 8.66. The van der Waals surface area contributed by atoms with Crippen molar-refractivity contribution in [2.45, 2.75) is 91.0 Å². The lowest BCUT2D eigenvalue weighted by molar-refractivity contribution is 0.487. The lowest BCUT2D eigenvalue weighted by Gasteiger charge is -2.20. The van der Waals surface area contributed by atoms with E-state index in [9.17, 15) is 0 Å². The van der Waals surface area contributed by atoms with Gasteiger partial charge in [0.05, 0.1) is 0 Å². The third-order valence-corrected chi connectivity index (χ3v) is 4.21. The molecular formula is C17H32N2S. The molecule has 1 N–H and O–H groups in total. The van der Waals surface area contributed by atoms with Crippen molar-refractivity contribution in [1.29, 1.82) is 0 Å². The number of nitrogens with one attached hydrogen (secondary N) is 1. The Balaban J connectivity index is 2.29. The van der Waals surface area contributed by atoms with Crippen LogP contribution in [0.3, 0.4) is 0 Å². The molecule has 0 spiro atoms. The second kappa shape index (κ2) is 8.66. The summed E-state index contributed by atoms with van der Waals surface area (Å²) in [6.07, 6.45) is 12.9.